The van der Waals surface area contributed by atoms with Crippen LogP contribution in [0.25, 0.3) is 22.4 Å². The average molecular weight is 531 g/mol. The highest BCUT2D eigenvalue weighted by molar-refractivity contribution is 7.19. The molecule has 38 heavy (non-hydrogen) atoms. The summed E-state index contributed by atoms with van der Waals surface area (Å²) in [4.78, 5) is 35.5. The minimum absolute atomic E-state index is 0.0617. The number of carbonyl (C=O) groups is 2. The van der Waals surface area contributed by atoms with E-state index in [0.717, 1.165) is 59.9 Å². The van der Waals surface area contributed by atoms with E-state index in [1.807, 2.05) is 17.2 Å². The Hall–Kier alpha value is -3.07. The van der Waals surface area contributed by atoms with Gasteiger partial charge < -0.3 is 19.9 Å². The van der Waals surface area contributed by atoms with Crippen molar-refractivity contribution in [1.82, 2.24) is 15.2 Å². The molecule has 2 fully saturated rings. The van der Waals surface area contributed by atoms with Gasteiger partial charge in [-0.05, 0) is 46.7 Å². The van der Waals surface area contributed by atoms with Crippen LogP contribution >= 0.6 is 11.3 Å². The van der Waals surface area contributed by atoms with Crippen LogP contribution in [-0.2, 0) is 22.5 Å². The number of rotatable bonds is 5. The first kappa shape index (κ1) is 25.2. The summed E-state index contributed by atoms with van der Waals surface area (Å²) < 4.78 is 5.63. The van der Waals surface area contributed by atoms with Crippen LogP contribution in [0.4, 0.5) is 5.00 Å². The van der Waals surface area contributed by atoms with Crippen molar-refractivity contribution >= 4 is 28.0 Å². The fourth-order valence-electron chi connectivity index (χ4n) is 5.79. The molecule has 0 saturated carbocycles. The molecule has 1 aromatic carbocycles. The molecule has 198 valence electrons. The third kappa shape index (κ3) is 5.00. The van der Waals surface area contributed by atoms with E-state index in [1.54, 1.807) is 11.3 Å². The lowest BCUT2D eigenvalue weighted by molar-refractivity contribution is -0.132. The van der Waals surface area contributed by atoms with Crippen LogP contribution in [0.5, 0.6) is 0 Å². The first-order chi connectivity index (χ1) is 18.4. The predicted molar refractivity (Wildman–Crippen MR) is 151 cm³/mol. The zero-order valence-electron chi connectivity index (χ0n) is 22.1. The van der Waals surface area contributed by atoms with Crippen molar-refractivity contribution in [2.45, 2.75) is 33.2 Å². The molecule has 2 aromatic heterocycles. The van der Waals surface area contributed by atoms with Crippen LogP contribution in [0.3, 0.4) is 0 Å². The number of amides is 1. The number of nitrogens with zero attached hydrogens (tertiary/aromatic N) is 3. The molecule has 0 radical (unpaired) electrons. The van der Waals surface area contributed by atoms with Crippen LogP contribution in [0.15, 0.2) is 42.6 Å². The molecule has 0 unspecified atom stereocenters. The number of nitrogens with one attached hydrogen (secondary N) is 1. The minimum atomic E-state index is -0.0617. The molecule has 2 aliphatic heterocycles. The fourth-order valence-corrected chi connectivity index (χ4v) is 7.13. The monoisotopic (exact) mass is 530 g/mol. The van der Waals surface area contributed by atoms with Gasteiger partial charge in [0.05, 0.1) is 35.3 Å². The number of benzene rings is 1. The smallest absolute Gasteiger partial charge is 0.236 e. The fraction of sp³-hybridized carbons (Fsp3) is 0.433. The number of fused-ring (bicyclic) bond motifs is 1. The number of thiophene rings is 1. The third-order valence-corrected chi connectivity index (χ3v) is 9.00. The topological polar surface area (TPSA) is 74.8 Å². The van der Waals surface area contributed by atoms with Crippen molar-refractivity contribution in [1.29, 1.82) is 0 Å². The van der Waals surface area contributed by atoms with E-state index in [-0.39, 0.29) is 17.1 Å². The highest BCUT2D eigenvalue weighted by Gasteiger charge is 2.37. The van der Waals surface area contributed by atoms with Crippen molar-refractivity contribution in [3.63, 3.8) is 0 Å². The molecule has 3 aliphatic rings. The third-order valence-electron chi connectivity index (χ3n) is 7.67. The molecule has 6 rings (SSSR count). The van der Waals surface area contributed by atoms with Gasteiger partial charge in [-0.2, -0.15) is 0 Å². The summed E-state index contributed by atoms with van der Waals surface area (Å²) in [5.41, 5.74) is 6.42. The van der Waals surface area contributed by atoms with Gasteiger partial charge >= 0.3 is 0 Å². The number of hydrogen-bond donors (Lipinski definition) is 1. The zero-order chi connectivity index (χ0) is 26.3. The molecule has 0 spiro atoms. The lowest BCUT2D eigenvalue weighted by Gasteiger charge is -2.30. The van der Waals surface area contributed by atoms with Crippen LogP contribution in [0, 0.1) is 5.41 Å². The summed E-state index contributed by atoms with van der Waals surface area (Å²) in [6.45, 7) is 9.99. The molecule has 0 atom stereocenters. The molecular weight excluding hydrogens is 496 g/mol. The minimum Gasteiger partial charge on any atom is -0.378 e. The number of morpholine rings is 1. The maximum Gasteiger partial charge on any atom is 0.236 e. The van der Waals surface area contributed by atoms with E-state index < -0.39 is 0 Å². The number of pyridine rings is 1. The molecule has 8 heteroatoms. The highest BCUT2D eigenvalue weighted by Crippen LogP contribution is 2.49. The number of ether oxygens (including phenoxy) is 1. The van der Waals surface area contributed by atoms with Gasteiger partial charge in [0, 0.05) is 56.5 Å². The number of Topliss-reactive ketones (excluding diaryl/α,β-unsaturated/α-hetero) is 1. The van der Waals surface area contributed by atoms with Gasteiger partial charge in [0.1, 0.15) is 0 Å². The second kappa shape index (κ2) is 10.2. The molecular formula is C30H34N4O3S. The van der Waals surface area contributed by atoms with Gasteiger partial charge in [0.25, 0.3) is 0 Å². The summed E-state index contributed by atoms with van der Waals surface area (Å²) in [5, 5.41) is 4.31. The highest BCUT2D eigenvalue weighted by atomic mass is 32.1. The Kier molecular flexibility index (Phi) is 6.80. The maximum atomic E-state index is 13.2. The summed E-state index contributed by atoms with van der Waals surface area (Å²) in [7, 11) is 0. The van der Waals surface area contributed by atoms with E-state index in [9.17, 15) is 9.59 Å². The molecule has 1 N–H and O–H groups in total. The van der Waals surface area contributed by atoms with Gasteiger partial charge in [-0.3, -0.25) is 14.6 Å². The first-order valence-corrected chi connectivity index (χ1v) is 14.3. The first-order valence-electron chi connectivity index (χ1n) is 13.4. The Bertz CT molecular complexity index is 1380. The Labute approximate surface area is 227 Å². The Morgan fingerprint density at radius 3 is 2.71 bits per heavy atom. The van der Waals surface area contributed by atoms with Crippen LogP contribution < -0.4 is 10.2 Å². The van der Waals surface area contributed by atoms with Crippen molar-refractivity contribution in [2.75, 3.05) is 50.8 Å². The van der Waals surface area contributed by atoms with Gasteiger partial charge in [-0.15, -0.1) is 11.3 Å². The number of hydrogen-bond acceptors (Lipinski definition) is 7. The molecule has 0 bridgehead atoms. The van der Waals surface area contributed by atoms with E-state index in [2.05, 4.69) is 54.4 Å². The van der Waals surface area contributed by atoms with E-state index >= 15 is 0 Å². The van der Waals surface area contributed by atoms with E-state index in [4.69, 9.17) is 9.72 Å². The molecule has 1 amide bonds. The summed E-state index contributed by atoms with van der Waals surface area (Å²) in [6.07, 6.45) is 3.35. The second-order valence-electron chi connectivity index (χ2n) is 11.3. The van der Waals surface area contributed by atoms with Crippen LogP contribution in [0.1, 0.15) is 41.1 Å². The van der Waals surface area contributed by atoms with Gasteiger partial charge in [-0.25, -0.2) is 0 Å². The number of aromatic nitrogens is 1. The standard InChI is InChI=1S/C30H34N4O3S/c1-30(2)16-23-27(29(33-10-12-37-13-11-33)38-28(23)25(35)17-30)22-6-7-32-24(15-22)21-5-3-4-20(14-21)19-34-9-8-31-18-26(34)36/h3-7,14-15,31H,8-13,16-19H2,1-2H3. The second-order valence-corrected chi connectivity index (χ2v) is 12.3. The predicted octanol–water partition coefficient (Wildman–Crippen LogP) is 4.40. The van der Waals surface area contributed by atoms with Crippen molar-refractivity contribution in [2.24, 2.45) is 5.41 Å². The van der Waals surface area contributed by atoms with E-state index in [1.165, 1.54) is 16.1 Å². The SMILES string of the molecule is CC1(C)CC(=O)c2sc(N3CCOCC3)c(-c3ccnc(-c4cccc(CN5CCNCC5=O)c4)c3)c2C1. The number of carbonyl (C=O) groups excluding carboxylic acids is 2. The molecule has 7 nitrogen and oxygen atoms in total. The largest absolute Gasteiger partial charge is 0.378 e. The normalized spacial score (nSPS) is 19.5. The molecule has 1 aliphatic carbocycles. The Balaban J connectivity index is 1.38. The van der Waals surface area contributed by atoms with Crippen molar-refractivity contribution < 1.29 is 14.3 Å². The summed E-state index contributed by atoms with van der Waals surface area (Å²) in [5.74, 6) is 0.392. The summed E-state index contributed by atoms with van der Waals surface area (Å²) >= 11 is 1.65. The molecule has 4 heterocycles. The quantitative estimate of drug-likeness (QED) is 0.527. The van der Waals surface area contributed by atoms with Gasteiger partial charge in [0.2, 0.25) is 5.91 Å². The zero-order valence-corrected chi connectivity index (χ0v) is 22.9. The van der Waals surface area contributed by atoms with Gasteiger partial charge in [-0.1, -0.05) is 32.0 Å². The van der Waals surface area contributed by atoms with Crippen molar-refractivity contribution in [3.8, 4) is 22.4 Å². The lowest BCUT2D eigenvalue weighted by Crippen LogP contribution is -2.47. The summed E-state index contributed by atoms with van der Waals surface area (Å²) in [6, 6.07) is 12.6. The molecule has 2 saturated heterocycles. The Morgan fingerprint density at radius 1 is 1.05 bits per heavy atom. The van der Waals surface area contributed by atoms with Crippen molar-refractivity contribution in [3.05, 3.63) is 58.6 Å². The maximum absolute atomic E-state index is 13.2. The van der Waals surface area contributed by atoms with E-state index in [0.29, 0.717) is 32.7 Å². The lowest BCUT2D eigenvalue weighted by atomic mass is 9.75. The van der Waals surface area contributed by atoms with Gasteiger partial charge in [0.15, 0.2) is 5.78 Å². The number of piperazine rings is 1. The van der Waals surface area contributed by atoms with Crippen LogP contribution in [0.2, 0.25) is 0 Å². The molecule has 3 aromatic rings. The number of ketones is 1. The number of anilines is 1. The average Bonchev–Trinajstić information content (AvgIpc) is 3.29. The van der Waals surface area contributed by atoms with Crippen LogP contribution in [-0.4, -0.2) is 67.5 Å². The Morgan fingerprint density at radius 2 is 1.89 bits per heavy atom.